The summed E-state index contributed by atoms with van der Waals surface area (Å²) >= 11 is 0. The second kappa shape index (κ2) is 8.94. The molecule has 2 heterocycles. The van der Waals surface area contributed by atoms with E-state index in [1.54, 1.807) is 0 Å². The van der Waals surface area contributed by atoms with Gasteiger partial charge in [-0.3, -0.25) is 9.59 Å². The number of nitrogens with one attached hydrogen (secondary N) is 1. The van der Waals surface area contributed by atoms with Crippen LogP contribution < -0.4 is 5.32 Å². The van der Waals surface area contributed by atoms with Crippen LogP contribution in [0.5, 0.6) is 0 Å². The molecule has 7 heteroatoms. The number of rotatable bonds is 8. The van der Waals surface area contributed by atoms with Crippen molar-refractivity contribution in [1.82, 2.24) is 14.6 Å². The van der Waals surface area contributed by atoms with E-state index in [-0.39, 0.29) is 11.8 Å². The third kappa shape index (κ3) is 4.67. The van der Waals surface area contributed by atoms with Gasteiger partial charge in [-0.15, -0.1) is 0 Å². The number of likely N-dealkylation sites (N-methyl/N-ethyl adjacent to an activating group) is 1. The molecule has 3 aromatic rings. The molecule has 0 aliphatic heterocycles. The summed E-state index contributed by atoms with van der Waals surface area (Å²) in [6.45, 7) is 9.43. The molecule has 0 unspecified atom stereocenters. The molecule has 0 fully saturated rings. The van der Waals surface area contributed by atoms with E-state index in [1.807, 2.05) is 67.6 Å². The smallest absolute Gasteiger partial charge is 0.242 e. The van der Waals surface area contributed by atoms with Crippen LogP contribution in [0.3, 0.4) is 0 Å². The lowest BCUT2D eigenvalue weighted by Crippen LogP contribution is -2.33. The summed E-state index contributed by atoms with van der Waals surface area (Å²) in [6.07, 6.45) is 2.87. The number of benzene rings is 1. The average molecular weight is 396 g/mol. The lowest BCUT2D eigenvalue weighted by atomic mass is 10.1. The Kier molecular flexibility index (Phi) is 6.36. The summed E-state index contributed by atoms with van der Waals surface area (Å²) < 4.78 is 7.09. The maximum Gasteiger partial charge on any atom is 0.242 e. The second-order valence-electron chi connectivity index (χ2n) is 7.13. The van der Waals surface area contributed by atoms with Crippen LogP contribution in [0.15, 0.2) is 35.0 Å². The summed E-state index contributed by atoms with van der Waals surface area (Å²) in [6, 6.07) is 7.70. The number of hydrogen-bond acceptors (Lipinski definition) is 4. The number of nitrogens with zero attached hydrogens (tertiary/aromatic N) is 3. The van der Waals surface area contributed by atoms with Gasteiger partial charge >= 0.3 is 0 Å². The molecule has 0 aliphatic carbocycles. The van der Waals surface area contributed by atoms with Crippen LogP contribution in [-0.2, 0) is 22.6 Å². The Balaban J connectivity index is 1.64. The average Bonchev–Trinajstić information content (AvgIpc) is 3.24. The fourth-order valence-corrected chi connectivity index (χ4v) is 3.56. The number of carbonyl (C=O) groups is 2. The van der Waals surface area contributed by atoms with E-state index in [0.717, 1.165) is 33.6 Å². The fourth-order valence-electron chi connectivity index (χ4n) is 3.56. The molecule has 0 saturated heterocycles. The van der Waals surface area contributed by atoms with Gasteiger partial charge in [-0.2, -0.15) is 0 Å². The Hall–Kier alpha value is -3.09. The van der Waals surface area contributed by atoms with E-state index in [9.17, 15) is 9.59 Å². The van der Waals surface area contributed by atoms with Crippen LogP contribution in [0.1, 0.15) is 37.3 Å². The van der Waals surface area contributed by atoms with Gasteiger partial charge in [0.15, 0.2) is 0 Å². The first kappa shape index (κ1) is 20.6. The number of carbonyl (C=O) groups excluding carboxylic acids is 2. The molecule has 0 aliphatic rings. The molecule has 1 N–H and O–H groups in total. The van der Waals surface area contributed by atoms with Gasteiger partial charge in [-0.05, 0) is 58.4 Å². The Morgan fingerprint density at radius 3 is 2.59 bits per heavy atom. The normalized spacial score (nSPS) is 11.0. The summed E-state index contributed by atoms with van der Waals surface area (Å²) in [7, 11) is 0. The number of aromatic nitrogens is 2. The number of hydrogen-bond donors (Lipinski definition) is 1. The molecule has 0 bridgehead atoms. The van der Waals surface area contributed by atoms with E-state index in [4.69, 9.17) is 4.52 Å². The van der Waals surface area contributed by atoms with Crippen LogP contribution in [0.4, 0.5) is 5.69 Å². The van der Waals surface area contributed by atoms with Gasteiger partial charge in [0.1, 0.15) is 12.3 Å². The number of amides is 2. The van der Waals surface area contributed by atoms with Crippen molar-refractivity contribution in [3.05, 3.63) is 47.5 Å². The van der Waals surface area contributed by atoms with Crippen LogP contribution in [-0.4, -0.2) is 39.5 Å². The molecular formula is C22H28N4O3. The van der Waals surface area contributed by atoms with Crippen LogP contribution in [0, 0.1) is 13.8 Å². The molecule has 154 valence electrons. The largest absolute Gasteiger partial charge is 0.361 e. The molecule has 0 atom stereocenters. The van der Waals surface area contributed by atoms with Crippen LogP contribution in [0.25, 0.3) is 10.9 Å². The molecule has 7 nitrogen and oxygen atoms in total. The van der Waals surface area contributed by atoms with Crippen molar-refractivity contribution in [3.8, 4) is 0 Å². The van der Waals surface area contributed by atoms with Crippen molar-refractivity contribution in [2.75, 3.05) is 18.4 Å². The zero-order valence-corrected chi connectivity index (χ0v) is 17.5. The lowest BCUT2D eigenvalue weighted by Gasteiger charge is -2.19. The minimum Gasteiger partial charge on any atom is -0.361 e. The molecule has 2 aromatic heterocycles. The van der Waals surface area contributed by atoms with Crippen molar-refractivity contribution in [3.63, 3.8) is 0 Å². The maximum atomic E-state index is 12.4. The third-order valence-corrected chi connectivity index (χ3v) is 5.26. The lowest BCUT2D eigenvalue weighted by molar-refractivity contribution is -0.131. The van der Waals surface area contributed by atoms with Gasteiger partial charge in [0.25, 0.3) is 0 Å². The van der Waals surface area contributed by atoms with Gasteiger partial charge in [-0.1, -0.05) is 5.16 Å². The Morgan fingerprint density at radius 2 is 1.93 bits per heavy atom. The van der Waals surface area contributed by atoms with E-state index in [0.29, 0.717) is 32.5 Å². The van der Waals surface area contributed by atoms with E-state index >= 15 is 0 Å². The van der Waals surface area contributed by atoms with Gasteiger partial charge < -0.3 is 19.3 Å². The van der Waals surface area contributed by atoms with Crippen molar-refractivity contribution in [2.45, 2.75) is 47.1 Å². The highest BCUT2D eigenvalue weighted by molar-refractivity contribution is 5.94. The maximum absolute atomic E-state index is 12.4. The molecule has 29 heavy (non-hydrogen) atoms. The van der Waals surface area contributed by atoms with Gasteiger partial charge in [0, 0.05) is 47.9 Å². The molecule has 2 amide bonds. The fraction of sp³-hybridized carbons (Fsp3) is 0.409. The second-order valence-corrected chi connectivity index (χ2v) is 7.13. The predicted octanol–water partition coefficient (Wildman–Crippen LogP) is 3.69. The standard InChI is InChI=1S/C22H28N4O3/c1-5-25(6-2)22(28)14-26-12-11-17-13-18(7-9-20(17)26)23-21(27)10-8-19-15(3)24-29-16(19)4/h7,9,11-13H,5-6,8,10,14H2,1-4H3,(H,23,27). The highest BCUT2D eigenvalue weighted by Crippen LogP contribution is 2.21. The molecule has 0 spiro atoms. The first-order valence-electron chi connectivity index (χ1n) is 10.0. The number of anilines is 1. The zero-order valence-electron chi connectivity index (χ0n) is 17.5. The van der Waals surface area contributed by atoms with Crippen LogP contribution in [0.2, 0.25) is 0 Å². The summed E-state index contributed by atoms with van der Waals surface area (Å²) in [5.41, 5.74) is 3.54. The van der Waals surface area contributed by atoms with Gasteiger partial charge in [0.2, 0.25) is 11.8 Å². The molecule has 0 saturated carbocycles. The minimum absolute atomic E-state index is 0.0551. The third-order valence-electron chi connectivity index (χ3n) is 5.26. The Morgan fingerprint density at radius 1 is 1.17 bits per heavy atom. The van der Waals surface area contributed by atoms with Crippen molar-refractivity contribution in [1.29, 1.82) is 0 Å². The summed E-state index contributed by atoms with van der Waals surface area (Å²) in [5.74, 6) is 0.807. The first-order valence-corrected chi connectivity index (χ1v) is 10.0. The number of fused-ring (bicyclic) bond motifs is 1. The molecular weight excluding hydrogens is 368 g/mol. The Labute approximate surface area is 170 Å². The zero-order chi connectivity index (χ0) is 21.0. The topological polar surface area (TPSA) is 80.4 Å². The van der Waals surface area contributed by atoms with E-state index < -0.39 is 0 Å². The predicted molar refractivity (Wildman–Crippen MR) is 113 cm³/mol. The minimum atomic E-state index is -0.0551. The summed E-state index contributed by atoms with van der Waals surface area (Å²) in [5, 5.41) is 7.86. The molecule has 3 rings (SSSR count). The number of aryl methyl sites for hydroxylation is 2. The monoisotopic (exact) mass is 396 g/mol. The SMILES string of the molecule is CCN(CC)C(=O)Cn1ccc2cc(NC(=O)CCc3c(C)noc3C)ccc21. The van der Waals surface area contributed by atoms with Crippen LogP contribution >= 0.6 is 0 Å². The van der Waals surface area contributed by atoms with Crippen molar-refractivity contribution < 1.29 is 14.1 Å². The van der Waals surface area contributed by atoms with Crippen molar-refractivity contribution >= 4 is 28.4 Å². The highest BCUT2D eigenvalue weighted by Gasteiger charge is 2.13. The van der Waals surface area contributed by atoms with Gasteiger partial charge in [-0.25, -0.2) is 0 Å². The van der Waals surface area contributed by atoms with Crippen molar-refractivity contribution in [2.24, 2.45) is 0 Å². The Bertz CT molecular complexity index is 995. The molecule has 1 aromatic carbocycles. The molecule has 0 radical (unpaired) electrons. The van der Waals surface area contributed by atoms with Gasteiger partial charge in [0.05, 0.1) is 5.69 Å². The highest BCUT2D eigenvalue weighted by atomic mass is 16.5. The quantitative estimate of drug-likeness (QED) is 0.630. The first-order chi connectivity index (χ1) is 13.9. The summed E-state index contributed by atoms with van der Waals surface area (Å²) in [4.78, 5) is 26.5. The van der Waals surface area contributed by atoms with E-state index in [1.165, 1.54) is 0 Å². The van der Waals surface area contributed by atoms with E-state index in [2.05, 4.69) is 10.5 Å².